The minimum absolute atomic E-state index is 0.141. The molecule has 148 valence electrons. The number of piperidine rings is 1. The lowest BCUT2D eigenvalue weighted by molar-refractivity contribution is 0.317. The Morgan fingerprint density at radius 3 is 2.32 bits per heavy atom. The highest BCUT2D eigenvalue weighted by atomic mass is 32.2. The summed E-state index contributed by atoms with van der Waals surface area (Å²) in [6.07, 6.45) is 3.01. The second-order valence-electron chi connectivity index (χ2n) is 7.17. The maximum Gasteiger partial charge on any atom is 0.248 e. The molecule has 1 aromatic heterocycles. The Labute approximate surface area is 161 Å². The van der Waals surface area contributed by atoms with Gasteiger partial charge < -0.3 is 4.98 Å². The van der Waals surface area contributed by atoms with Crippen LogP contribution in [0.25, 0.3) is 10.9 Å². The summed E-state index contributed by atoms with van der Waals surface area (Å²) in [4.78, 5) is 2.15. The van der Waals surface area contributed by atoms with Crippen molar-refractivity contribution in [2.75, 3.05) is 13.1 Å². The Kier molecular flexibility index (Phi) is 4.71. The van der Waals surface area contributed by atoms with E-state index in [4.69, 9.17) is 0 Å². The van der Waals surface area contributed by atoms with Gasteiger partial charge in [-0.25, -0.2) is 21.6 Å². The van der Waals surface area contributed by atoms with E-state index in [9.17, 15) is 21.6 Å². The molecule has 2 heterocycles. The zero-order chi connectivity index (χ0) is 20.1. The number of hydrogen-bond acceptors (Lipinski definition) is 2. The molecule has 0 bridgehead atoms. The first-order chi connectivity index (χ1) is 13.3. The minimum atomic E-state index is -4.37. The van der Waals surface area contributed by atoms with Crippen molar-refractivity contribution in [2.45, 2.75) is 30.6 Å². The SMILES string of the molecule is Cc1ccc2[nH]cc(C3CCN(S(=O)(=O)c4c(F)cc(F)cc4F)CC3)c2c1. The molecule has 0 aliphatic carbocycles. The summed E-state index contributed by atoms with van der Waals surface area (Å²) in [5.41, 5.74) is 3.27. The Morgan fingerprint density at radius 1 is 1.04 bits per heavy atom. The van der Waals surface area contributed by atoms with E-state index in [1.807, 2.05) is 25.3 Å². The maximum absolute atomic E-state index is 14.0. The average Bonchev–Trinajstić information content (AvgIpc) is 3.03. The molecule has 4 nitrogen and oxygen atoms in total. The molecule has 0 atom stereocenters. The van der Waals surface area contributed by atoms with Gasteiger partial charge >= 0.3 is 0 Å². The maximum atomic E-state index is 14.0. The number of nitrogens with zero attached hydrogens (tertiary/aromatic N) is 1. The highest BCUT2D eigenvalue weighted by molar-refractivity contribution is 7.89. The lowest BCUT2D eigenvalue weighted by atomic mass is 9.90. The number of aromatic nitrogens is 1. The molecule has 4 rings (SSSR count). The summed E-state index contributed by atoms with van der Waals surface area (Å²) < 4.78 is 67.6. The number of nitrogens with one attached hydrogen (secondary N) is 1. The van der Waals surface area contributed by atoms with Crippen LogP contribution < -0.4 is 0 Å². The van der Waals surface area contributed by atoms with Crippen LogP contribution in [0.2, 0.25) is 0 Å². The van der Waals surface area contributed by atoms with Crippen molar-refractivity contribution < 1.29 is 21.6 Å². The predicted octanol–water partition coefficient (Wildman–Crippen LogP) is 4.46. The smallest absolute Gasteiger partial charge is 0.248 e. The first-order valence-corrected chi connectivity index (χ1v) is 10.4. The van der Waals surface area contributed by atoms with E-state index < -0.39 is 32.4 Å². The quantitative estimate of drug-likeness (QED) is 0.696. The van der Waals surface area contributed by atoms with Crippen LogP contribution in [0.1, 0.15) is 29.9 Å². The molecule has 8 heteroatoms. The topological polar surface area (TPSA) is 53.2 Å². The van der Waals surface area contributed by atoms with Crippen LogP contribution in [0.15, 0.2) is 41.4 Å². The monoisotopic (exact) mass is 408 g/mol. The molecule has 1 saturated heterocycles. The minimum Gasteiger partial charge on any atom is -0.361 e. The van der Waals surface area contributed by atoms with Crippen LogP contribution in [-0.2, 0) is 10.0 Å². The fourth-order valence-corrected chi connectivity index (χ4v) is 5.47. The van der Waals surface area contributed by atoms with Crippen molar-refractivity contribution in [3.63, 3.8) is 0 Å². The second-order valence-corrected chi connectivity index (χ2v) is 9.04. The van der Waals surface area contributed by atoms with Gasteiger partial charge in [-0.3, -0.25) is 0 Å². The lowest BCUT2D eigenvalue weighted by Gasteiger charge is -2.31. The summed E-state index contributed by atoms with van der Waals surface area (Å²) in [5.74, 6) is -3.83. The summed E-state index contributed by atoms with van der Waals surface area (Å²) in [7, 11) is -4.37. The highest BCUT2D eigenvalue weighted by Crippen LogP contribution is 2.35. The molecular weight excluding hydrogens is 389 g/mol. The van der Waals surface area contributed by atoms with Crippen molar-refractivity contribution in [3.05, 3.63) is 65.1 Å². The molecule has 0 spiro atoms. The van der Waals surface area contributed by atoms with Crippen LogP contribution >= 0.6 is 0 Å². The molecule has 1 N–H and O–H groups in total. The summed E-state index contributed by atoms with van der Waals surface area (Å²) in [6.45, 7) is 2.29. The van der Waals surface area contributed by atoms with Crippen molar-refractivity contribution in [1.82, 2.24) is 9.29 Å². The van der Waals surface area contributed by atoms with Crippen LogP contribution in [0.4, 0.5) is 13.2 Å². The number of H-pyrrole nitrogens is 1. The lowest BCUT2D eigenvalue weighted by Crippen LogP contribution is -2.38. The number of hydrogen-bond donors (Lipinski definition) is 1. The Hall–Kier alpha value is -2.32. The molecule has 0 saturated carbocycles. The fraction of sp³-hybridized carbons (Fsp3) is 0.300. The van der Waals surface area contributed by atoms with Crippen molar-refractivity contribution in [1.29, 1.82) is 0 Å². The van der Waals surface area contributed by atoms with Gasteiger partial charge in [0.25, 0.3) is 0 Å². The first kappa shape index (κ1) is 19.0. The second kappa shape index (κ2) is 6.93. The molecule has 1 aliphatic heterocycles. The zero-order valence-corrected chi connectivity index (χ0v) is 16.0. The highest BCUT2D eigenvalue weighted by Gasteiger charge is 2.34. The third kappa shape index (κ3) is 3.20. The molecule has 1 aliphatic rings. The third-order valence-electron chi connectivity index (χ3n) is 5.32. The van der Waals surface area contributed by atoms with Gasteiger partial charge in [-0.2, -0.15) is 4.31 Å². The number of halogens is 3. The zero-order valence-electron chi connectivity index (χ0n) is 15.2. The number of aromatic amines is 1. The third-order valence-corrected chi connectivity index (χ3v) is 7.27. The summed E-state index contributed by atoms with van der Waals surface area (Å²) >= 11 is 0. The van der Waals surface area contributed by atoms with E-state index in [0.717, 1.165) is 26.3 Å². The number of fused-ring (bicyclic) bond motifs is 1. The van der Waals surface area contributed by atoms with Crippen LogP contribution in [0.3, 0.4) is 0 Å². The largest absolute Gasteiger partial charge is 0.361 e. The van der Waals surface area contributed by atoms with E-state index in [1.165, 1.54) is 0 Å². The van der Waals surface area contributed by atoms with Gasteiger partial charge in [0.05, 0.1) is 0 Å². The predicted molar refractivity (Wildman–Crippen MR) is 100 cm³/mol. The summed E-state index contributed by atoms with van der Waals surface area (Å²) in [6, 6.07) is 6.89. The molecule has 28 heavy (non-hydrogen) atoms. The van der Waals surface area contributed by atoms with E-state index in [2.05, 4.69) is 11.1 Å². The number of aryl methyl sites for hydroxylation is 1. The van der Waals surface area contributed by atoms with Crippen LogP contribution in [0, 0.1) is 24.4 Å². The van der Waals surface area contributed by atoms with E-state index in [-0.39, 0.29) is 19.0 Å². The number of rotatable bonds is 3. The Balaban J connectivity index is 1.58. The molecular formula is C20H19F3N2O2S. The summed E-state index contributed by atoms with van der Waals surface area (Å²) in [5, 5.41) is 1.11. The van der Waals surface area contributed by atoms with Gasteiger partial charge in [0, 0.05) is 42.3 Å². The van der Waals surface area contributed by atoms with E-state index >= 15 is 0 Å². The molecule has 3 aromatic rings. The van der Waals surface area contributed by atoms with Gasteiger partial charge in [-0.05, 0) is 43.4 Å². The number of benzene rings is 2. The van der Waals surface area contributed by atoms with Gasteiger partial charge in [0.1, 0.15) is 17.5 Å². The average molecular weight is 408 g/mol. The van der Waals surface area contributed by atoms with E-state index in [0.29, 0.717) is 25.0 Å². The Bertz CT molecular complexity index is 1130. The molecule has 0 amide bonds. The molecule has 1 fully saturated rings. The normalized spacial score (nSPS) is 16.7. The van der Waals surface area contributed by atoms with Gasteiger partial charge in [0.2, 0.25) is 10.0 Å². The van der Waals surface area contributed by atoms with Crippen LogP contribution in [-0.4, -0.2) is 30.8 Å². The molecule has 0 unspecified atom stereocenters. The fourth-order valence-electron chi connectivity index (χ4n) is 3.91. The van der Waals surface area contributed by atoms with Crippen molar-refractivity contribution >= 4 is 20.9 Å². The number of sulfonamides is 1. The van der Waals surface area contributed by atoms with E-state index in [1.54, 1.807) is 0 Å². The van der Waals surface area contributed by atoms with Gasteiger partial charge in [-0.15, -0.1) is 0 Å². The standard InChI is InChI=1S/C20H19F3N2O2S/c1-12-2-3-19-15(8-12)16(11-24-19)13-4-6-25(7-5-13)28(26,27)20-17(22)9-14(21)10-18(20)23/h2-3,8-11,13,24H,4-7H2,1H3. The van der Waals surface area contributed by atoms with Crippen molar-refractivity contribution in [3.8, 4) is 0 Å². The van der Waals surface area contributed by atoms with Crippen molar-refractivity contribution in [2.24, 2.45) is 0 Å². The van der Waals surface area contributed by atoms with Crippen LogP contribution in [0.5, 0.6) is 0 Å². The molecule has 2 aromatic carbocycles. The van der Waals surface area contributed by atoms with Gasteiger partial charge in [-0.1, -0.05) is 11.6 Å². The van der Waals surface area contributed by atoms with Gasteiger partial charge in [0.15, 0.2) is 4.90 Å². The first-order valence-electron chi connectivity index (χ1n) is 8.99. The molecule has 0 radical (unpaired) electrons. The Morgan fingerprint density at radius 2 is 1.68 bits per heavy atom.